The Bertz CT molecular complexity index is 1360. The van der Waals surface area contributed by atoms with Crippen LogP contribution in [-0.2, 0) is 4.79 Å². The van der Waals surface area contributed by atoms with Gasteiger partial charge in [0, 0.05) is 37.7 Å². The molecule has 0 bridgehead atoms. The molecule has 2 N–H and O–H groups in total. The molecule has 2 atom stereocenters. The molecule has 2 saturated carbocycles. The van der Waals surface area contributed by atoms with Crippen molar-refractivity contribution in [3.8, 4) is 0 Å². The molecule has 0 saturated heterocycles. The maximum Gasteiger partial charge on any atom is 0.270 e. The van der Waals surface area contributed by atoms with Crippen molar-refractivity contribution in [2.75, 3.05) is 5.32 Å². The number of tetrazole rings is 1. The lowest BCUT2D eigenvalue weighted by Gasteiger charge is -2.33. The summed E-state index contributed by atoms with van der Waals surface area (Å²) in [6.07, 6.45) is 1.85. The minimum absolute atomic E-state index is 0.0361. The molecule has 0 aromatic carbocycles. The number of nitrogens with one attached hydrogen (secondary N) is 2. The highest BCUT2D eigenvalue weighted by Crippen LogP contribution is 2.38. The second kappa shape index (κ2) is 11.6. The third kappa shape index (κ3) is 6.56. The molecular formula is C25H32F4N10O2. The Morgan fingerprint density at radius 2 is 1.85 bits per heavy atom. The van der Waals surface area contributed by atoms with Crippen molar-refractivity contribution in [2.24, 2.45) is 5.92 Å². The molecule has 16 heteroatoms. The summed E-state index contributed by atoms with van der Waals surface area (Å²) in [6.45, 7) is 3.69. The number of hydrogen-bond donors (Lipinski definition) is 2. The summed E-state index contributed by atoms with van der Waals surface area (Å²) < 4.78 is 59.1. The van der Waals surface area contributed by atoms with Crippen LogP contribution in [0.15, 0.2) is 24.7 Å². The van der Waals surface area contributed by atoms with Crippen LogP contribution in [0.5, 0.6) is 0 Å². The number of aromatic nitrogens is 8. The van der Waals surface area contributed by atoms with Crippen LogP contribution in [0.2, 0.25) is 0 Å². The number of hydrogen-bond acceptors (Lipinski definition) is 7. The normalized spacial score (nSPS) is 18.9. The number of carbonyl (C=O) groups excluding carboxylic acids is 2. The minimum Gasteiger partial charge on any atom is -0.339 e. The summed E-state index contributed by atoms with van der Waals surface area (Å²) in [6, 6.07) is -0.671. The molecule has 12 nitrogen and oxygen atoms in total. The smallest absolute Gasteiger partial charge is 0.270 e. The Morgan fingerprint density at radius 3 is 2.51 bits per heavy atom. The van der Waals surface area contributed by atoms with E-state index in [0.717, 1.165) is 12.8 Å². The zero-order valence-corrected chi connectivity index (χ0v) is 22.6. The van der Waals surface area contributed by atoms with Crippen molar-refractivity contribution in [3.63, 3.8) is 0 Å². The third-order valence-corrected chi connectivity index (χ3v) is 7.49. The average molecular weight is 581 g/mol. The molecule has 1 unspecified atom stereocenters. The highest BCUT2D eigenvalue weighted by atomic mass is 19.3. The number of amides is 2. The van der Waals surface area contributed by atoms with Crippen molar-refractivity contribution in [1.82, 2.24) is 45.1 Å². The Hall–Kier alpha value is -3.85. The molecule has 3 aromatic heterocycles. The zero-order chi connectivity index (χ0) is 29.3. The van der Waals surface area contributed by atoms with E-state index < -0.39 is 61.4 Å². The zero-order valence-electron chi connectivity index (χ0n) is 22.6. The fourth-order valence-corrected chi connectivity index (χ4v) is 5.21. The highest BCUT2D eigenvalue weighted by Gasteiger charge is 2.41. The van der Waals surface area contributed by atoms with Gasteiger partial charge >= 0.3 is 0 Å². The topological polar surface area (TPSA) is 137 Å². The molecule has 2 aliphatic rings. The van der Waals surface area contributed by atoms with Crippen LogP contribution >= 0.6 is 0 Å². The van der Waals surface area contributed by atoms with Crippen molar-refractivity contribution >= 4 is 17.5 Å². The van der Waals surface area contributed by atoms with E-state index in [-0.39, 0.29) is 42.1 Å². The minimum atomic E-state index is -2.82. The van der Waals surface area contributed by atoms with Crippen molar-refractivity contribution < 1.29 is 27.2 Å². The quantitative estimate of drug-likeness (QED) is 0.329. The molecule has 222 valence electrons. The van der Waals surface area contributed by atoms with E-state index in [9.17, 15) is 27.2 Å². The van der Waals surface area contributed by atoms with Gasteiger partial charge in [0.15, 0.2) is 5.82 Å². The fourth-order valence-electron chi connectivity index (χ4n) is 5.21. The van der Waals surface area contributed by atoms with E-state index in [2.05, 4.69) is 36.4 Å². The molecular weight excluding hydrogens is 548 g/mol. The van der Waals surface area contributed by atoms with Gasteiger partial charge in [-0.25, -0.2) is 22.2 Å². The summed E-state index contributed by atoms with van der Waals surface area (Å²) in [7, 11) is 0. The van der Waals surface area contributed by atoms with E-state index in [1.54, 1.807) is 0 Å². The van der Waals surface area contributed by atoms with Crippen LogP contribution in [0.1, 0.15) is 93.2 Å². The number of carbonyl (C=O) groups is 2. The Kier molecular flexibility index (Phi) is 8.09. The summed E-state index contributed by atoms with van der Waals surface area (Å²) in [5, 5.41) is 25.3. The van der Waals surface area contributed by atoms with Gasteiger partial charge < -0.3 is 10.6 Å². The Balaban J connectivity index is 1.35. The molecule has 0 spiro atoms. The first-order valence-electron chi connectivity index (χ1n) is 13.7. The SMILES string of the molecule is CC(C)n1nccc1C(=O)N[C@H](C(=O)Nc1cnn(C(CC(F)F)c2nnnn2C2CC2)c1)C1CCC(F)(F)CC1. The molecule has 3 heterocycles. The van der Waals surface area contributed by atoms with Crippen molar-refractivity contribution in [1.29, 1.82) is 0 Å². The molecule has 3 aromatic rings. The lowest BCUT2D eigenvalue weighted by Crippen LogP contribution is -2.50. The van der Waals surface area contributed by atoms with Crippen LogP contribution < -0.4 is 10.6 Å². The van der Waals surface area contributed by atoms with Crippen LogP contribution in [0.4, 0.5) is 23.2 Å². The van der Waals surface area contributed by atoms with Gasteiger partial charge in [-0.2, -0.15) is 10.2 Å². The van der Waals surface area contributed by atoms with E-state index >= 15 is 0 Å². The lowest BCUT2D eigenvalue weighted by molar-refractivity contribution is -0.121. The largest absolute Gasteiger partial charge is 0.339 e. The van der Waals surface area contributed by atoms with Gasteiger partial charge in [-0.3, -0.25) is 19.0 Å². The van der Waals surface area contributed by atoms with E-state index in [1.165, 1.54) is 38.7 Å². The van der Waals surface area contributed by atoms with Gasteiger partial charge in [0.1, 0.15) is 17.8 Å². The summed E-state index contributed by atoms with van der Waals surface area (Å²) >= 11 is 0. The lowest BCUT2D eigenvalue weighted by atomic mass is 9.81. The summed E-state index contributed by atoms with van der Waals surface area (Å²) in [5.41, 5.74) is 0.419. The number of nitrogens with zero attached hydrogens (tertiary/aromatic N) is 8. The predicted molar refractivity (Wildman–Crippen MR) is 136 cm³/mol. The fraction of sp³-hybridized carbons (Fsp3) is 0.640. The summed E-state index contributed by atoms with van der Waals surface area (Å²) in [4.78, 5) is 26.7. The van der Waals surface area contributed by atoms with Gasteiger partial charge in [-0.1, -0.05) is 0 Å². The highest BCUT2D eigenvalue weighted by molar-refractivity contribution is 6.00. The first-order chi connectivity index (χ1) is 19.5. The van der Waals surface area contributed by atoms with Crippen molar-refractivity contribution in [2.45, 2.75) is 95.3 Å². The van der Waals surface area contributed by atoms with E-state index in [4.69, 9.17) is 0 Å². The molecule has 2 amide bonds. The maximum atomic E-state index is 13.9. The Labute approximate surface area is 232 Å². The molecule has 2 aliphatic carbocycles. The monoisotopic (exact) mass is 580 g/mol. The van der Waals surface area contributed by atoms with Crippen LogP contribution in [0, 0.1) is 5.92 Å². The first kappa shape index (κ1) is 28.7. The number of anilines is 1. The Morgan fingerprint density at radius 1 is 1.12 bits per heavy atom. The van der Waals surface area contributed by atoms with Gasteiger partial charge in [0.05, 0.1) is 17.9 Å². The van der Waals surface area contributed by atoms with Crippen molar-refractivity contribution in [3.05, 3.63) is 36.2 Å². The second-order valence-corrected chi connectivity index (χ2v) is 11.0. The van der Waals surface area contributed by atoms with E-state index in [1.807, 2.05) is 13.8 Å². The van der Waals surface area contributed by atoms with E-state index in [0.29, 0.717) is 0 Å². The maximum absolute atomic E-state index is 13.9. The predicted octanol–water partition coefficient (Wildman–Crippen LogP) is 3.79. The number of rotatable bonds is 11. The molecule has 5 rings (SSSR count). The number of halogens is 4. The molecule has 2 fully saturated rings. The van der Waals surface area contributed by atoms with Crippen LogP contribution in [0.3, 0.4) is 0 Å². The second-order valence-electron chi connectivity index (χ2n) is 11.0. The first-order valence-corrected chi connectivity index (χ1v) is 13.7. The molecule has 41 heavy (non-hydrogen) atoms. The third-order valence-electron chi connectivity index (χ3n) is 7.49. The molecule has 0 radical (unpaired) electrons. The van der Waals surface area contributed by atoms with Gasteiger partial charge in [0.25, 0.3) is 5.91 Å². The van der Waals surface area contributed by atoms with Gasteiger partial charge in [-0.15, -0.1) is 5.10 Å². The van der Waals surface area contributed by atoms with Crippen LogP contribution in [0.25, 0.3) is 0 Å². The molecule has 0 aliphatic heterocycles. The summed E-state index contributed by atoms with van der Waals surface area (Å²) in [5.74, 6) is -4.32. The van der Waals surface area contributed by atoms with Gasteiger partial charge in [0.2, 0.25) is 18.3 Å². The van der Waals surface area contributed by atoms with Gasteiger partial charge in [-0.05, 0) is 61.9 Å². The average Bonchev–Trinajstić information content (AvgIpc) is 3.30. The van der Waals surface area contributed by atoms with Crippen LogP contribution in [-0.4, -0.2) is 70.0 Å². The number of alkyl halides is 4. The standard InChI is InChI=1S/C25H32F4N10O2/c1-14(2)38-18(7-10-30-38)23(40)33-21(15-5-8-25(28,29)9-6-15)24(41)32-16-12-31-37(13-16)19(11-20(26)27)22-34-35-36-39(22)17-3-4-17/h7,10,12-15,17,19-21H,3-6,8-9,11H2,1-2H3,(H,32,41)(H,33,40)/t19?,21-/m0/s1.